The highest BCUT2D eigenvalue weighted by Gasteiger charge is 2.11. The van der Waals surface area contributed by atoms with Crippen molar-refractivity contribution in [2.24, 2.45) is 0 Å². The van der Waals surface area contributed by atoms with Crippen LogP contribution >= 0.6 is 34.9 Å². The largest absolute Gasteiger partial charge is 0.350 e. The van der Waals surface area contributed by atoms with E-state index >= 15 is 0 Å². The van der Waals surface area contributed by atoms with Crippen LogP contribution in [-0.4, -0.2) is 25.7 Å². The zero-order valence-corrected chi connectivity index (χ0v) is 16.5. The topological polar surface area (TPSA) is 75.6 Å². The maximum atomic E-state index is 12.2. The van der Waals surface area contributed by atoms with Gasteiger partial charge in [0.05, 0.1) is 22.1 Å². The molecular weight excluding hydrogens is 374 g/mol. The summed E-state index contributed by atoms with van der Waals surface area (Å²) < 4.78 is 2.24. The Morgan fingerprint density at radius 3 is 3.00 bits per heavy atom. The Labute approximate surface area is 158 Å². The molecular formula is C16H19N5OS3. The van der Waals surface area contributed by atoms with Gasteiger partial charge in [-0.15, -0.1) is 22.7 Å². The molecule has 0 spiro atoms. The minimum absolute atomic E-state index is 0.0747. The first-order chi connectivity index (χ1) is 12.1. The highest BCUT2D eigenvalue weighted by Crippen LogP contribution is 2.28. The predicted octanol–water partition coefficient (Wildman–Crippen LogP) is 3.70. The minimum atomic E-state index is -0.0747. The van der Waals surface area contributed by atoms with Crippen molar-refractivity contribution < 1.29 is 4.79 Å². The first kappa shape index (κ1) is 18.0. The second-order valence-corrected chi connectivity index (χ2v) is 8.19. The molecule has 6 nitrogen and oxygen atoms in total. The van der Waals surface area contributed by atoms with Gasteiger partial charge in [0.25, 0.3) is 0 Å². The van der Waals surface area contributed by atoms with Crippen LogP contribution in [0.1, 0.15) is 29.1 Å². The predicted molar refractivity (Wildman–Crippen MR) is 103 cm³/mol. The van der Waals surface area contributed by atoms with E-state index in [4.69, 9.17) is 12.2 Å². The number of hydrogen-bond donors (Lipinski definition) is 2. The van der Waals surface area contributed by atoms with Gasteiger partial charge in [-0.1, -0.05) is 6.92 Å². The van der Waals surface area contributed by atoms with Crippen LogP contribution in [0.15, 0.2) is 17.5 Å². The second kappa shape index (κ2) is 8.03. The maximum absolute atomic E-state index is 12.2. The molecule has 1 amide bonds. The van der Waals surface area contributed by atoms with E-state index in [1.165, 1.54) is 0 Å². The molecule has 0 atom stereocenters. The van der Waals surface area contributed by atoms with Gasteiger partial charge in [-0.25, -0.2) is 4.98 Å². The summed E-state index contributed by atoms with van der Waals surface area (Å²) in [6.45, 7) is 4.76. The van der Waals surface area contributed by atoms with E-state index in [-0.39, 0.29) is 12.5 Å². The van der Waals surface area contributed by atoms with Crippen LogP contribution in [0.4, 0.5) is 0 Å². The molecule has 0 radical (unpaired) electrons. The second-order valence-electron chi connectivity index (χ2n) is 5.58. The summed E-state index contributed by atoms with van der Waals surface area (Å²) in [5.41, 5.74) is 0.999. The Hall–Kier alpha value is -1.84. The monoisotopic (exact) mass is 393 g/mol. The van der Waals surface area contributed by atoms with Gasteiger partial charge in [0, 0.05) is 16.7 Å². The quantitative estimate of drug-likeness (QED) is 0.600. The van der Waals surface area contributed by atoms with Crippen LogP contribution in [-0.2, 0) is 24.3 Å². The highest BCUT2D eigenvalue weighted by molar-refractivity contribution is 7.71. The van der Waals surface area contributed by atoms with Gasteiger partial charge in [0.15, 0.2) is 4.77 Å². The van der Waals surface area contributed by atoms with E-state index in [9.17, 15) is 4.79 Å². The number of amides is 1. The Morgan fingerprint density at radius 1 is 1.44 bits per heavy atom. The normalized spacial score (nSPS) is 11.0. The Kier molecular flexibility index (Phi) is 5.77. The van der Waals surface area contributed by atoms with Crippen molar-refractivity contribution in [1.82, 2.24) is 25.1 Å². The molecule has 0 unspecified atom stereocenters. The molecule has 0 aliphatic heterocycles. The number of aromatic amines is 1. The molecule has 3 aromatic rings. The Balaban J connectivity index is 1.59. The smallest absolute Gasteiger partial charge is 0.240 e. The van der Waals surface area contributed by atoms with E-state index in [2.05, 4.69) is 32.8 Å². The third-order valence-electron chi connectivity index (χ3n) is 3.61. The van der Waals surface area contributed by atoms with E-state index in [1.807, 2.05) is 19.1 Å². The maximum Gasteiger partial charge on any atom is 0.240 e. The Morgan fingerprint density at radius 2 is 2.28 bits per heavy atom. The third kappa shape index (κ3) is 4.42. The summed E-state index contributed by atoms with van der Waals surface area (Å²) in [7, 11) is 0. The van der Waals surface area contributed by atoms with Crippen molar-refractivity contribution >= 4 is 40.8 Å². The average molecular weight is 394 g/mol. The number of carbonyl (C=O) groups is 1. The van der Waals surface area contributed by atoms with Crippen LogP contribution in [0.25, 0.3) is 10.6 Å². The zero-order valence-electron chi connectivity index (χ0n) is 14.0. The van der Waals surface area contributed by atoms with Gasteiger partial charge in [0.1, 0.15) is 12.4 Å². The minimum Gasteiger partial charge on any atom is -0.350 e. The van der Waals surface area contributed by atoms with Crippen molar-refractivity contribution in [3.05, 3.63) is 38.0 Å². The van der Waals surface area contributed by atoms with Crippen LogP contribution in [0.2, 0.25) is 0 Å². The molecule has 0 saturated heterocycles. The van der Waals surface area contributed by atoms with Gasteiger partial charge < -0.3 is 5.32 Å². The summed E-state index contributed by atoms with van der Waals surface area (Å²) in [6.07, 6.45) is 1.75. The lowest BCUT2D eigenvalue weighted by Gasteiger charge is -2.07. The molecule has 9 heteroatoms. The lowest BCUT2D eigenvalue weighted by atomic mass is 10.3. The molecule has 3 aromatic heterocycles. The van der Waals surface area contributed by atoms with Gasteiger partial charge in [-0.05, 0) is 37.7 Å². The van der Waals surface area contributed by atoms with E-state index < -0.39 is 0 Å². The summed E-state index contributed by atoms with van der Waals surface area (Å²) >= 11 is 8.49. The average Bonchev–Trinajstić information content (AvgIpc) is 3.29. The fraction of sp³-hybridized carbons (Fsp3) is 0.375. The molecule has 132 valence electrons. The van der Waals surface area contributed by atoms with E-state index in [0.29, 0.717) is 11.3 Å². The van der Waals surface area contributed by atoms with Crippen molar-refractivity contribution in [2.45, 2.75) is 39.8 Å². The molecule has 3 rings (SSSR count). The number of thiophene rings is 1. The third-order valence-corrected chi connectivity index (χ3v) is 5.80. The van der Waals surface area contributed by atoms with Gasteiger partial charge in [-0.2, -0.15) is 5.10 Å². The molecule has 25 heavy (non-hydrogen) atoms. The fourth-order valence-electron chi connectivity index (χ4n) is 2.40. The zero-order chi connectivity index (χ0) is 17.8. The van der Waals surface area contributed by atoms with E-state index in [0.717, 1.165) is 39.1 Å². The van der Waals surface area contributed by atoms with Crippen molar-refractivity contribution in [3.8, 4) is 10.6 Å². The number of hydrogen-bond acceptors (Lipinski definition) is 6. The highest BCUT2D eigenvalue weighted by atomic mass is 32.1. The molecule has 0 aromatic carbocycles. The fourth-order valence-corrected chi connectivity index (χ4v) is 4.21. The standard InChI is InChI=1S/C16H19N5OS3/c1-3-4-14-19-20-16(23)21(14)8-15(22)17-7-11-5-6-13(25-11)12-9-24-10(2)18-12/h5-6,9H,3-4,7-8H2,1-2H3,(H,17,22)(H,20,23). The molecule has 0 bridgehead atoms. The summed E-state index contributed by atoms with van der Waals surface area (Å²) in [5, 5.41) is 13.0. The molecule has 0 aliphatic carbocycles. The Bertz CT molecular complexity index is 920. The lowest BCUT2D eigenvalue weighted by Crippen LogP contribution is -2.27. The number of nitrogens with one attached hydrogen (secondary N) is 2. The summed E-state index contributed by atoms with van der Waals surface area (Å²) in [6, 6.07) is 4.08. The number of nitrogens with zero attached hydrogens (tertiary/aromatic N) is 3. The van der Waals surface area contributed by atoms with Crippen molar-refractivity contribution in [2.75, 3.05) is 0 Å². The number of thiazole rings is 1. The molecule has 0 aliphatic rings. The molecule has 3 heterocycles. The van der Waals surface area contributed by atoms with Crippen LogP contribution in [0.5, 0.6) is 0 Å². The number of H-pyrrole nitrogens is 1. The van der Waals surface area contributed by atoms with Gasteiger partial charge >= 0.3 is 0 Å². The number of carbonyl (C=O) groups excluding carboxylic acids is 1. The molecule has 2 N–H and O–H groups in total. The lowest BCUT2D eigenvalue weighted by molar-refractivity contribution is -0.121. The SMILES string of the molecule is CCCc1n[nH]c(=S)n1CC(=O)NCc1ccc(-c2csc(C)n2)s1. The van der Waals surface area contributed by atoms with E-state index in [1.54, 1.807) is 27.2 Å². The summed E-state index contributed by atoms with van der Waals surface area (Å²) in [5.74, 6) is 0.745. The first-order valence-corrected chi connectivity index (χ1v) is 10.1. The van der Waals surface area contributed by atoms with Crippen LogP contribution in [0, 0.1) is 11.7 Å². The van der Waals surface area contributed by atoms with Crippen molar-refractivity contribution in [3.63, 3.8) is 0 Å². The summed E-state index contributed by atoms with van der Waals surface area (Å²) in [4.78, 5) is 19.0. The van der Waals surface area contributed by atoms with Crippen LogP contribution in [0.3, 0.4) is 0 Å². The van der Waals surface area contributed by atoms with Gasteiger partial charge in [-0.3, -0.25) is 14.5 Å². The molecule has 0 fully saturated rings. The van der Waals surface area contributed by atoms with Gasteiger partial charge in [0.2, 0.25) is 5.91 Å². The van der Waals surface area contributed by atoms with Crippen molar-refractivity contribution in [1.29, 1.82) is 0 Å². The van der Waals surface area contributed by atoms with Crippen LogP contribution < -0.4 is 5.32 Å². The number of aryl methyl sites for hydroxylation is 2. The molecule has 0 saturated carbocycles. The first-order valence-electron chi connectivity index (χ1n) is 7.98. The number of rotatable bonds is 7. The number of aromatic nitrogens is 4.